The standard InChI is InChI=1S/C62H109O11P/c1-4-7-10-13-16-19-22-25-28-29-32-35-38-41-44-47-50-53-62(66)73-59(55-69-60(64)51-48-45-42-39-36-33-30-26-23-20-17-14-11-8-5-2)57-71-74(67,68)70-56-58(54-63)72-61(65)52-49-46-43-40-37-34-31-27-24-21-18-15-12-9-6-3/h9,12,16,18-19,21,25-28,30-31,58-59,63H,4-8,10-11,13-15,17,20,22-24,29,32-57H2,1-3H3,(H,67,68)/b12-9-,19-16-,21-18-,28-25-,30-26-,31-27-. The molecule has 0 amide bonds. The number of carbonyl (C=O) groups is 3. The lowest BCUT2D eigenvalue weighted by molar-refractivity contribution is -0.161. The van der Waals surface area contributed by atoms with E-state index in [0.29, 0.717) is 19.3 Å². The van der Waals surface area contributed by atoms with E-state index in [1.807, 2.05) is 0 Å². The van der Waals surface area contributed by atoms with Crippen molar-refractivity contribution in [2.45, 2.75) is 277 Å². The number of esters is 3. The monoisotopic (exact) mass is 1060 g/mol. The number of phosphoric ester groups is 1. The molecule has 0 rings (SSSR count). The number of hydrogen-bond donors (Lipinski definition) is 2. The average molecular weight is 1060 g/mol. The molecule has 0 fully saturated rings. The van der Waals surface area contributed by atoms with Gasteiger partial charge in [-0.05, 0) is 109 Å². The van der Waals surface area contributed by atoms with Gasteiger partial charge in [-0.2, -0.15) is 0 Å². The van der Waals surface area contributed by atoms with E-state index in [9.17, 15) is 28.9 Å². The molecule has 0 radical (unpaired) electrons. The summed E-state index contributed by atoms with van der Waals surface area (Å²) in [6, 6.07) is 0. The minimum absolute atomic E-state index is 0.155. The van der Waals surface area contributed by atoms with Gasteiger partial charge in [-0.25, -0.2) is 4.57 Å². The van der Waals surface area contributed by atoms with Gasteiger partial charge in [-0.3, -0.25) is 23.4 Å². The Morgan fingerprint density at radius 2 is 0.703 bits per heavy atom. The fourth-order valence-electron chi connectivity index (χ4n) is 8.04. The van der Waals surface area contributed by atoms with Crippen LogP contribution in [0.25, 0.3) is 0 Å². The van der Waals surface area contributed by atoms with Crippen LogP contribution in [0.3, 0.4) is 0 Å². The third-order valence-corrected chi connectivity index (χ3v) is 13.5. The molecule has 0 saturated heterocycles. The number of rotatable bonds is 55. The Bertz CT molecular complexity index is 1520. The molecule has 0 spiro atoms. The van der Waals surface area contributed by atoms with Crippen molar-refractivity contribution < 1.29 is 52.2 Å². The van der Waals surface area contributed by atoms with Crippen molar-refractivity contribution in [1.29, 1.82) is 0 Å². The largest absolute Gasteiger partial charge is 0.472 e. The normalized spacial score (nSPS) is 13.9. The van der Waals surface area contributed by atoms with Gasteiger partial charge in [0.15, 0.2) is 6.10 Å². The maximum Gasteiger partial charge on any atom is 0.472 e. The lowest BCUT2D eigenvalue weighted by atomic mass is 10.1. The Morgan fingerprint density at radius 3 is 1.12 bits per heavy atom. The zero-order valence-electron chi connectivity index (χ0n) is 47.3. The zero-order chi connectivity index (χ0) is 54.1. The third-order valence-electron chi connectivity index (χ3n) is 12.6. The van der Waals surface area contributed by atoms with E-state index in [4.69, 9.17) is 23.3 Å². The zero-order valence-corrected chi connectivity index (χ0v) is 48.2. The summed E-state index contributed by atoms with van der Waals surface area (Å²) in [5.41, 5.74) is 0. The van der Waals surface area contributed by atoms with Crippen LogP contribution in [0.15, 0.2) is 72.9 Å². The van der Waals surface area contributed by atoms with Gasteiger partial charge in [0, 0.05) is 19.3 Å². The Hall–Kier alpha value is -3.08. The van der Waals surface area contributed by atoms with Crippen LogP contribution in [-0.2, 0) is 42.2 Å². The molecule has 428 valence electrons. The van der Waals surface area contributed by atoms with Crippen molar-refractivity contribution in [3.8, 4) is 0 Å². The van der Waals surface area contributed by atoms with E-state index in [2.05, 4.69) is 93.7 Å². The van der Waals surface area contributed by atoms with E-state index in [1.165, 1.54) is 77.0 Å². The molecular formula is C62H109O11P. The summed E-state index contributed by atoms with van der Waals surface area (Å²) >= 11 is 0. The van der Waals surface area contributed by atoms with E-state index in [0.717, 1.165) is 128 Å². The Kier molecular flexibility index (Phi) is 53.8. The van der Waals surface area contributed by atoms with Crippen LogP contribution in [0, 0.1) is 0 Å². The fourth-order valence-corrected chi connectivity index (χ4v) is 8.83. The van der Waals surface area contributed by atoms with Gasteiger partial charge in [0.2, 0.25) is 0 Å². The molecule has 0 aliphatic heterocycles. The van der Waals surface area contributed by atoms with Crippen LogP contribution >= 0.6 is 7.82 Å². The van der Waals surface area contributed by atoms with Crippen LogP contribution < -0.4 is 0 Å². The first kappa shape index (κ1) is 70.9. The maximum atomic E-state index is 12.9. The van der Waals surface area contributed by atoms with Gasteiger partial charge < -0.3 is 24.2 Å². The van der Waals surface area contributed by atoms with E-state index in [-0.39, 0.29) is 25.9 Å². The predicted octanol–water partition coefficient (Wildman–Crippen LogP) is 17.7. The summed E-state index contributed by atoms with van der Waals surface area (Å²) in [7, 11) is -4.76. The van der Waals surface area contributed by atoms with Gasteiger partial charge >= 0.3 is 25.7 Å². The highest BCUT2D eigenvalue weighted by Gasteiger charge is 2.28. The van der Waals surface area contributed by atoms with Gasteiger partial charge in [0.25, 0.3) is 0 Å². The summed E-state index contributed by atoms with van der Waals surface area (Å²) in [6.45, 7) is 4.48. The van der Waals surface area contributed by atoms with Gasteiger partial charge in [-0.15, -0.1) is 0 Å². The first-order valence-corrected chi connectivity index (χ1v) is 31.3. The smallest absolute Gasteiger partial charge is 0.462 e. The number of ether oxygens (including phenoxy) is 3. The second-order valence-electron chi connectivity index (χ2n) is 19.8. The second kappa shape index (κ2) is 56.1. The SMILES string of the molecule is CC/C=C\C/C=C\C/C=C\CCCCCCCC(=O)OC(CO)COP(=O)(O)OCC(COC(=O)CCCCCCC/C=C\CCCCCCCC)OC(=O)CCCCCCCCC/C=C\C/C=C\CCCCC. The highest BCUT2D eigenvalue weighted by molar-refractivity contribution is 7.47. The number of unbranched alkanes of at least 4 members (excludes halogenated alkanes) is 26. The van der Waals surface area contributed by atoms with Gasteiger partial charge in [0.1, 0.15) is 12.7 Å². The van der Waals surface area contributed by atoms with Crippen molar-refractivity contribution >= 4 is 25.7 Å². The molecule has 3 atom stereocenters. The summed E-state index contributed by atoms with van der Waals surface area (Å²) in [4.78, 5) is 48.6. The molecule has 0 aromatic carbocycles. The summed E-state index contributed by atoms with van der Waals surface area (Å²) in [6.07, 6.45) is 62.8. The van der Waals surface area contributed by atoms with E-state index < -0.39 is 57.8 Å². The molecule has 0 bridgehead atoms. The predicted molar refractivity (Wildman–Crippen MR) is 307 cm³/mol. The lowest BCUT2D eigenvalue weighted by Gasteiger charge is -2.21. The van der Waals surface area contributed by atoms with Gasteiger partial charge in [-0.1, -0.05) is 209 Å². The number of phosphoric acid groups is 1. The highest BCUT2D eigenvalue weighted by Crippen LogP contribution is 2.43. The molecule has 11 nitrogen and oxygen atoms in total. The molecule has 12 heteroatoms. The molecular weight excluding hydrogens is 952 g/mol. The van der Waals surface area contributed by atoms with Crippen molar-refractivity contribution in [1.82, 2.24) is 0 Å². The highest BCUT2D eigenvalue weighted by atomic mass is 31.2. The van der Waals surface area contributed by atoms with Gasteiger partial charge in [0.05, 0.1) is 19.8 Å². The quantitative estimate of drug-likeness (QED) is 0.0197. The third kappa shape index (κ3) is 53.7. The Morgan fingerprint density at radius 1 is 0.392 bits per heavy atom. The molecule has 0 saturated carbocycles. The number of carbonyl (C=O) groups excluding carboxylic acids is 3. The van der Waals surface area contributed by atoms with Crippen LogP contribution in [-0.4, -0.2) is 66.5 Å². The topological polar surface area (TPSA) is 155 Å². The molecule has 0 aromatic heterocycles. The van der Waals surface area contributed by atoms with Crippen molar-refractivity contribution in [2.24, 2.45) is 0 Å². The van der Waals surface area contributed by atoms with Crippen LogP contribution in [0.2, 0.25) is 0 Å². The number of aliphatic hydroxyl groups excluding tert-OH is 1. The Balaban J connectivity index is 4.75. The molecule has 0 aliphatic carbocycles. The molecule has 0 aromatic rings. The maximum absolute atomic E-state index is 12.9. The molecule has 2 N–H and O–H groups in total. The molecule has 3 unspecified atom stereocenters. The molecule has 74 heavy (non-hydrogen) atoms. The summed E-state index contributed by atoms with van der Waals surface area (Å²) in [5, 5.41) is 9.82. The second-order valence-corrected chi connectivity index (χ2v) is 21.2. The van der Waals surface area contributed by atoms with Crippen molar-refractivity contribution in [3.05, 3.63) is 72.9 Å². The molecule has 0 aliphatic rings. The van der Waals surface area contributed by atoms with Crippen molar-refractivity contribution in [2.75, 3.05) is 26.4 Å². The summed E-state index contributed by atoms with van der Waals surface area (Å²) < 4.78 is 39.5. The van der Waals surface area contributed by atoms with E-state index >= 15 is 0 Å². The van der Waals surface area contributed by atoms with Crippen LogP contribution in [0.4, 0.5) is 0 Å². The number of hydrogen-bond acceptors (Lipinski definition) is 10. The van der Waals surface area contributed by atoms with E-state index in [1.54, 1.807) is 0 Å². The fraction of sp³-hybridized carbons (Fsp3) is 0.758. The first-order chi connectivity index (χ1) is 36.2. The van der Waals surface area contributed by atoms with Crippen LogP contribution in [0.5, 0.6) is 0 Å². The number of aliphatic hydroxyl groups is 1. The Labute approximate surface area is 452 Å². The average Bonchev–Trinajstić information content (AvgIpc) is 3.39. The minimum Gasteiger partial charge on any atom is -0.462 e. The first-order valence-electron chi connectivity index (χ1n) is 29.8. The molecule has 0 heterocycles. The van der Waals surface area contributed by atoms with Crippen LogP contribution in [0.1, 0.15) is 265 Å². The number of allylic oxidation sites excluding steroid dienone is 12. The minimum atomic E-state index is -4.76. The lowest BCUT2D eigenvalue weighted by Crippen LogP contribution is -2.30. The van der Waals surface area contributed by atoms with Crippen molar-refractivity contribution in [3.63, 3.8) is 0 Å². The summed E-state index contributed by atoms with van der Waals surface area (Å²) in [5.74, 6) is -1.49.